The number of nitrogens with one attached hydrogen (secondary N) is 1. The highest BCUT2D eigenvalue weighted by atomic mass is 32.2. The van der Waals surface area contributed by atoms with Crippen LogP contribution in [0.25, 0.3) is 21.7 Å². The molecule has 1 saturated heterocycles. The number of sulfonamides is 1. The number of aromatic amines is 1. The zero-order chi connectivity index (χ0) is 18.5. The number of piperazine rings is 1. The molecule has 0 aliphatic carbocycles. The quantitative estimate of drug-likeness (QED) is 0.693. The van der Waals surface area contributed by atoms with Gasteiger partial charge in [0.2, 0.25) is 10.0 Å². The second-order valence-electron chi connectivity index (χ2n) is 6.56. The standard InChI is InChI=1S/C18H18FN3O3S/c1-21-6-8-22(9-7-21)26(24,25)13-3-5-15-14-4-2-12(19)10-16(14)18(23)20-17(15)11-13/h2-5,10-11H,6-9H2,1H3,(H,20,23). The van der Waals surface area contributed by atoms with Gasteiger partial charge in [0.05, 0.1) is 15.8 Å². The van der Waals surface area contributed by atoms with E-state index in [1.807, 2.05) is 7.05 Å². The third-order valence-electron chi connectivity index (χ3n) is 4.86. The van der Waals surface area contributed by atoms with Crippen LogP contribution in [0, 0.1) is 5.82 Å². The topological polar surface area (TPSA) is 73.5 Å². The Bertz CT molecular complexity index is 1170. The van der Waals surface area contributed by atoms with Crippen molar-refractivity contribution in [1.29, 1.82) is 0 Å². The average molecular weight is 375 g/mol. The molecule has 2 aromatic carbocycles. The maximum absolute atomic E-state index is 13.4. The van der Waals surface area contributed by atoms with Crippen LogP contribution in [0.3, 0.4) is 0 Å². The molecule has 0 spiro atoms. The van der Waals surface area contributed by atoms with Gasteiger partial charge in [-0.25, -0.2) is 12.8 Å². The van der Waals surface area contributed by atoms with Crippen molar-refractivity contribution in [3.63, 3.8) is 0 Å². The molecule has 1 fully saturated rings. The predicted molar refractivity (Wildman–Crippen MR) is 98.3 cm³/mol. The zero-order valence-electron chi connectivity index (χ0n) is 14.2. The molecule has 6 nitrogen and oxygen atoms in total. The fourth-order valence-electron chi connectivity index (χ4n) is 3.33. The molecule has 1 aliphatic heterocycles. The third kappa shape index (κ3) is 2.80. The first-order chi connectivity index (χ1) is 12.4. The summed E-state index contributed by atoms with van der Waals surface area (Å²) in [7, 11) is -1.67. The number of benzene rings is 2. The number of likely N-dealkylation sites (N-methyl/N-ethyl adjacent to an activating group) is 1. The van der Waals surface area contributed by atoms with Crippen LogP contribution in [0.2, 0.25) is 0 Å². The van der Waals surface area contributed by atoms with E-state index in [2.05, 4.69) is 9.88 Å². The molecule has 1 aliphatic rings. The van der Waals surface area contributed by atoms with Gasteiger partial charge in [-0.3, -0.25) is 4.79 Å². The first-order valence-electron chi connectivity index (χ1n) is 8.30. The summed E-state index contributed by atoms with van der Waals surface area (Å²) in [6.07, 6.45) is 0. The Hall–Kier alpha value is -2.29. The normalized spacial score (nSPS) is 17.2. The van der Waals surface area contributed by atoms with Crippen LogP contribution in [-0.2, 0) is 10.0 Å². The SMILES string of the molecule is CN1CCN(S(=O)(=O)c2ccc3c(c2)[nH]c(=O)c2cc(F)ccc23)CC1. The summed E-state index contributed by atoms with van der Waals surface area (Å²) >= 11 is 0. The minimum absolute atomic E-state index is 0.145. The van der Waals surface area contributed by atoms with Crippen molar-refractivity contribution >= 4 is 31.7 Å². The number of pyridine rings is 1. The molecule has 0 unspecified atom stereocenters. The molecule has 3 aromatic rings. The molecule has 4 rings (SSSR count). The molecule has 2 heterocycles. The molecule has 8 heteroatoms. The minimum atomic E-state index is -3.63. The molecular weight excluding hydrogens is 357 g/mol. The molecular formula is C18H18FN3O3S. The van der Waals surface area contributed by atoms with Crippen LogP contribution in [0.5, 0.6) is 0 Å². The maximum Gasteiger partial charge on any atom is 0.256 e. The van der Waals surface area contributed by atoms with Crippen molar-refractivity contribution in [3.8, 4) is 0 Å². The Morgan fingerprint density at radius 3 is 2.38 bits per heavy atom. The van der Waals surface area contributed by atoms with Crippen molar-refractivity contribution in [3.05, 3.63) is 52.6 Å². The predicted octanol–water partition coefficient (Wildman–Crippen LogP) is 1.76. The average Bonchev–Trinajstić information content (AvgIpc) is 2.62. The largest absolute Gasteiger partial charge is 0.321 e. The van der Waals surface area contributed by atoms with Crippen molar-refractivity contribution < 1.29 is 12.8 Å². The van der Waals surface area contributed by atoms with E-state index in [0.717, 1.165) is 0 Å². The van der Waals surface area contributed by atoms with Gasteiger partial charge < -0.3 is 9.88 Å². The van der Waals surface area contributed by atoms with E-state index in [-0.39, 0.29) is 10.3 Å². The van der Waals surface area contributed by atoms with Gasteiger partial charge in [-0.2, -0.15) is 4.31 Å². The number of hydrogen-bond donors (Lipinski definition) is 1. The number of aromatic nitrogens is 1. The lowest BCUT2D eigenvalue weighted by molar-refractivity contribution is 0.222. The van der Waals surface area contributed by atoms with E-state index in [9.17, 15) is 17.6 Å². The van der Waals surface area contributed by atoms with Crippen LogP contribution in [-0.4, -0.2) is 55.8 Å². The van der Waals surface area contributed by atoms with E-state index >= 15 is 0 Å². The summed E-state index contributed by atoms with van der Waals surface area (Å²) < 4.78 is 40.7. The summed E-state index contributed by atoms with van der Waals surface area (Å²) in [5.41, 5.74) is -0.0227. The first kappa shape index (κ1) is 17.1. The van der Waals surface area contributed by atoms with Crippen LogP contribution < -0.4 is 5.56 Å². The van der Waals surface area contributed by atoms with E-state index in [1.54, 1.807) is 6.07 Å². The van der Waals surface area contributed by atoms with Crippen molar-refractivity contribution in [2.24, 2.45) is 0 Å². The fourth-order valence-corrected chi connectivity index (χ4v) is 4.78. The van der Waals surface area contributed by atoms with E-state index < -0.39 is 21.4 Å². The van der Waals surface area contributed by atoms with E-state index in [0.29, 0.717) is 42.5 Å². The first-order valence-corrected chi connectivity index (χ1v) is 9.74. The summed E-state index contributed by atoms with van der Waals surface area (Å²) in [5.74, 6) is -0.489. The van der Waals surface area contributed by atoms with Crippen LogP contribution >= 0.6 is 0 Å². The number of halogens is 1. The zero-order valence-corrected chi connectivity index (χ0v) is 15.0. The molecule has 1 aromatic heterocycles. The van der Waals surface area contributed by atoms with Gasteiger partial charge in [0.1, 0.15) is 5.82 Å². The Morgan fingerprint density at radius 2 is 1.65 bits per heavy atom. The molecule has 136 valence electrons. The van der Waals surface area contributed by atoms with Crippen molar-refractivity contribution in [2.75, 3.05) is 33.2 Å². The highest BCUT2D eigenvalue weighted by Crippen LogP contribution is 2.26. The Morgan fingerprint density at radius 1 is 0.962 bits per heavy atom. The minimum Gasteiger partial charge on any atom is -0.321 e. The van der Waals surface area contributed by atoms with E-state index in [4.69, 9.17) is 0 Å². The van der Waals surface area contributed by atoms with Gasteiger partial charge in [0, 0.05) is 31.6 Å². The molecule has 0 radical (unpaired) electrons. The number of nitrogens with zero attached hydrogens (tertiary/aromatic N) is 2. The Kier molecular flexibility index (Phi) is 4.06. The van der Waals surface area contributed by atoms with Crippen molar-refractivity contribution in [2.45, 2.75) is 4.90 Å². The lowest BCUT2D eigenvalue weighted by Gasteiger charge is -2.31. The van der Waals surface area contributed by atoms with Gasteiger partial charge in [0.25, 0.3) is 5.56 Å². The number of H-pyrrole nitrogens is 1. The van der Waals surface area contributed by atoms with Gasteiger partial charge in [-0.1, -0.05) is 12.1 Å². The smallest absolute Gasteiger partial charge is 0.256 e. The summed E-state index contributed by atoms with van der Waals surface area (Å²) in [6.45, 7) is 2.23. The lowest BCUT2D eigenvalue weighted by atomic mass is 10.1. The highest BCUT2D eigenvalue weighted by Gasteiger charge is 2.27. The van der Waals surface area contributed by atoms with Gasteiger partial charge in [0.15, 0.2) is 0 Å². The molecule has 0 atom stereocenters. The second-order valence-corrected chi connectivity index (χ2v) is 8.50. The monoisotopic (exact) mass is 375 g/mol. The lowest BCUT2D eigenvalue weighted by Crippen LogP contribution is -2.47. The Balaban J connectivity index is 1.84. The fraction of sp³-hybridized carbons (Fsp3) is 0.278. The Labute approximate surface area is 149 Å². The number of hydrogen-bond acceptors (Lipinski definition) is 4. The van der Waals surface area contributed by atoms with Crippen LogP contribution in [0.1, 0.15) is 0 Å². The molecule has 1 N–H and O–H groups in total. The number of fused-ring (bicyclic) bond motifs is 3. The van der Waals surface area contributed by atoms with Gasteiger partial charge in [-0.05, 0) is 36.7 Å². The highest BCUT2D eigenvalue weighted by molar-refractivity contribution is 7.89. The third-order valence-corrected chi connectivity index (χ3v) is 6.75. The molecule has 0 saturated carbocycles. The summed E-state index contributed by atoms with van der Waals surface area (Å²) in [4.78, 5) is 17.1. The van der Waals surface area contributed by atoms with Crippen LogP contribution in [0.15, 0.2) is 46.1 Å². The van der Waals surface area contributed by atoms with Gasteiger partial charge >= 0.3 is 0 Å². The van der Waals surface area contributed by atoms with Gasteiger partial charge in [-0.15, -0.1) is 0 Å². The van der Waals surface area contributed by atoms with Crippen molar-refractivity contribution in [1.82, 2.24) is 14.2 Å². The van der Waals surface area contributed by atoms with E-state index in [1.165, 1.54) is 34.6 Å². The van der Waals surface area contributed by atoms with Crippen LogP contribution in [0.4, 0.5) is 4.39 Å². The summed E-state index contributed by atoms with van der Waals surface area (Å²) in [6, 6.07) is 8.69. The molecule has 26 heavy (non-hydrogen) atoms. The molecule has 0 bridgehead atoms. The maximum atomic E-state index is 13.4. The summed E-state index contributed by atoms with van der Waals surface area (Å²) in [5, 5.41) is 1.51. The molecule has 0 amide bonds. The number of rotatable bonds is 2. The second kappa shape index (κ2) is 6.15.